The van der Waals surface area contributed by atoms with Crippen LogP contribution in [0.1, 0.15) is 62.3 Å². The zero-order valence-corrected chi connectivity index (χ0v) is 23.1. The number of rotatable bonds is 10. The van der Waals surface area contributed by atoms with Gasteiger partial charge >= 0.3 is 0 Å². The second-order valence-corrected chi connectivity index (χ2v) is 21.4. The van der Waals surface area contributed by atoms with Crippen molar-refractivity contribution in [1.29, 1.82) is 0 Å². The highest BCUT2D eigenvalue weighted by molar-refractivity contribution is 6.74. The van der Waals surface area contributed by atoms with Crippen LogP contribution < -0.4 is 0 Å². The summed E-state index contributed by atoms with van der Waals surface area (Å²) < 4.78 is 13.4. The third-order valence-corrected chi connectivity index (χ3v) is 16.3. The molecule has 0 aromatic rings. The average Bonchev–Trinajstić information content (AvgIpc) is 2.53. The summed E-state index contributed by atoms with van der Waals surface area (Å²) in [6, 6.07) is 0. The normalized spacial score (nSPS) is 19.6. The Hall–Kier alpha value is 0.0538. The van der Waals surface area contributed by atoms with E-state index in [1.54, 1.807) is 0 Å². The molecular formula is C23H50O3Si2. The van der Waals surface area contributed by atoms with Crippen molar-refractivity contribution in [1.82, 2.24) is 0 Å². The molecule has 0 aromatic heterocycles. The van der Waals surface area contributed by atoms with E-state index < -0.39 is 22.7 Å². The molecule has 3 nitrogen and oxygen atoms in total. The first kappa shape index (κ1) is 28.1. The van der Waals surface area contributed by atoms with Gasteiger partial charge in [0.2, 0.25) is 0 Å². The Morgan fingerprint density at radius 2 is 1.32 bits per heavy atom. The Bertz CT molecular complexity index is 489. The zero-order valence-electron chi connectivity index (χ0n) is 21.1. The molecular weight excluding hydrogens is 380 g/mol. The van der Waals surface area contributed by atoms with Gasteiger partial charge < -0.3 is 14.0 Å². The summed E-state index contributed by atoms with van der Waals surface area (Å²) in [7, 11) is -3.80. The van der Waals surface area contributed by atoms with Gasteiger partial charge in [-0.25, -0.2) is 0 Å². The second kappa shape index (κ2) is 9.91. The van der Waals surface area contributed by atoms with Crippen molar-refractivity contribution in [3.8, 4) is 0 Å². The molecule has 0 radical (unpaired) electrons. The van der Waals surface area contributed by atoms with Crippen LogP contribution in [0, 0.1) is 17.8 Å². The van der Waals surface area contributed by atoms with Gasteiger partial charge in [0.1, 0.15) is 0 Å². The van der Waals surface area contributed by atoms with Crippen molar-refractivity contribution in [2.45, 2.75) is 111 Å². The lowest BCUT2D eigenvalue weighted by molar-refractivity contribution is -0.0231. The standard InChI is InChI=1S/C23H50O3Si2/c1-15-17(2)20(24)19(4)21(26-28(13,14)23(8,9)10)18(3)16-25-27(11,12)22(5,6)7/h15,17-21,24H,1,16H2,2-14H3/t17-,18-,19+,20-,21-/m1/s1. The van der Waals surface area contributed by atoms with Gasteiger partial charge in [-0.15, -0.1) is 6.58 Å². The van der Waals surface area contributed by atoms with Gasteiger partial charge in [-0.1, -0.05) is 68.4 Å². The maximum Gasteiger partial charge on any atom is 0.192 e. The number of hydrogen-bond donors (Lipinski definition) is 1. The van der Waals surface area contributed by atoms with E-state index in [1.807, 2.05) is 13.0 Å². The Labute approximate surface area is 178 Å². The van der Waals surface area contributed by atoms with Crippen LogP contribution in [0.2, 0.25) is 36.3 Å². The van der Waals surface area contributed by atoms with Gasteiger partial charge in [-0.2, -0.15) is 0 Å². The summed E-state index contributed by atoms with van der Waals surface area (Å²) in [5.74, 6) is 0.263. The monoisotopic (exact) mass is 430 g/mol. The lowest BCUT2D eigenvalue weighted by atomic mass is 9.84. The summed E-state index contributed by atoms with van der Waals surface area (Å²) in [5, 5.41) is 11.2. The molecule has 0 spiro atoms. The lowest BCUT2D eigenvalue weighted by Gasteiger charge is -2.45. The highest BCUT2D eigenvalue weighted by Gasteiger charge is 2.44. The van der Waals surface area contributed by atoms with Gasteiger partial charge in [0, 0.05) is 24.4 Å². The highest BCUT2D eigenvalue weighted by Crippen LogP contribution is 2.41. The maximum atomic E-state index is 10.9. The van der Waals surface area contributed by atoms with E-state index in [2.05, 4.69) is 88.2 Å². The number of hydrogen-bond acceptors (Lipinski definition) is 3. The SMILES string of the molecule is C=C[C@@H](C)[C@@H](O)[C@H](C)[C@H](O[Si](C)(C)C(C)(C)C)[C@H](C)CO[Si](C)(C)C(C)(C)C. The Balaban J connectivity index is 5.62. The third-order valence-electron chi connectivity index (χ3n) is 7.28. The first-order valence-electron chi connectivity index (χ1n) is 10.9. The van der Waals surface area contributed by atoms with Crippen molar-refractivity contribution in [3.63, 3.8) is 0 Å². The van der Waals surface area contributed by atoms with Crippen molar-refractivity contribution in [2.75, 3.05) is 6.61 Å². The quantitative estimate of drug-likeness (QED) is 0.304. The summed E-state index contributed by atoms with van der Waals surface area (Å²) >= 11 is 0. The number of aliphatic hydroxyl groups excluding tert-OH is 1. The first-order chi connectivity index (χ1) is 12.3. The molecule has 0 aliphatic carbocycles. The molecule has 5 heteroatoms. The predicted octanol–water partition coefficient (Wildman–Crippen LogP) is 6.85. The van der Waals surface area contributed by atoms with Crippen LogP contribution in [0.3, 0.4) is 0 Å². The molecule has 0 aromatic carbocycles. The van der Waals surface area contributed by atoms with E-state index in [1.165, 1.54) is 0 Å². The van der Waals surface area contributed by atoms with Crippen molar-refractivity contribution in [3.05, 3.63) is 12.7 Å². The summed E-state index contributed by atoms with van der Waals surface area (Å²) in [6.07, 6.45) is 1.33. The van der Waals surface area contributed by atoms with E-state index in [0.717, 1.165) is 0 Å². The van der Waals surface area contributed by atoms with Gasteiger partial charge in [0.05, 0.1) is 12.2 Å². The van der Waals surface area contributed by atoms with Gasteiger partial charge in [0.25, 0.3) is 0 Å². The fraction of sp³-hybridized carbons (Fsp3) is 0.913. The molecule has 0 bridgehead atoms. The second-order valence-electron chi connectivity index (χ2n) is 11.8. The topological polar surface area (TPSA) is 38.7 Å². The molecule has 0 fully saturated rings. The minimum Gasteiger partial charge on any atom is -0.416 e. The van der Waals surface area contributed by atoms with Crippen molar-refractivity contribution < 1.29 is 14.0 Å². The van der Waals surface area contributed by atoms with Crippen molar-refractivity contribution in [2.24, 2.45) is 17.8 Å². The molecule has 1 N–H and O–H groups in total. The molecule has 28 heavy (non-hydrogen) atoms. The average molecular weight is 431 g/mol. The van der Waals surface area contributed by atoms with Crippen LogP contribution >= 0.6 is 0 Å². The maximum absolute atomic E-state index is 10.9. The minimum atomic E-state index is -1.98. The smallest absolute Gasteiger partial charge is 0.192 e. The van der Waals surface area contributed by atoms with Gasteiger partial charge in [0.15, 0.2) is 16.6 Å². The molecule has 0 aliphatic rings. The Kier molecular flexibility index (Phi) is 9.93. The fourth-order valence-corrected chi connectivity index (χ4v) is 5.32. The highest BCUT2D eigenvalue weighted by atomic mass is 28.4. The van der Waals surface area contributed by atoms with Crippen LogP contribution in [-0.4, -0.2) is 40.6 Å². The predicted molar refractivity (Wildman–Crippen MR) is 129 cm³/mol. The van der Waals surface area contributed by atoms with Crippen LogP contribution in [0.15, 0.2) is 12.7 Å². The van der Waals surface area contributed by atoms with Crippen LogP contribution in [0.4, 0.5) is 0 Å². The first-order valence-corrected chi connectivity index (χ1v) is 16.7. The van der Waals surface area contributed by atoms with Gasteiger partial charge in [-0.3, -0.25) is 0 Å². The van der Waals surface area contributed by atoms with Crippen LogP contribution in [0.25, 0.3) is 0 Å². The molecule has 5 atom stereocenters. The van der Waals surface area contributed by atoms with E-state index in [-0.39, 0.29) is 33.9 Å². The zero-order chi connectivity index (χ0) is 22.7. The third kappa shape index (κ3) is 7.39. The molecule has 168 valence electrons. The number of aliphatic hydroxyl groups is 1. The Morgan fingerprint density at radius 1 is 0.893 bits per heavy atom. The summed E-state index contributed by atoms with van der Waals surface area (Å²) in [5.41, 5.74) is 0. The Morgan fingerprint density at radius 3 is 1.68 bits per heavy atom. The summed E-state index contributed by atoms with van der Waals surface area (Å²) in [6.45, 7) is 33.7. The van der Waals surface area contributed by atoms with E-state index in [9.17, 15) is 5.11 Å². The van der Waals surface area contributed by atoms with Gasteiger partial charge in [-0.05, 0) is 36.3 Å². The van der Waals surface area contributed by atoms with Crippen LogP contribution in [0.5, 0.6) is 0 Å². The molecule has 0 saturated heterocycles. The van der Waals surface area contributed by atoms with E-state index >= 15 is 0 Å². The molecule has 0 unspecified atom stereocenters. The van der Waals surface area contributed by atoms with E-state index in [0.29, 0.717) is 6.61 Å². The fourth-order valence-electron chi connectivity index (χ4n) is 2.72. The van der Waals surface area contributed by atoms with Crippen LogP contribution in [-0.2, 0) is 8.85 Å². The molecule has 0 heterocycles. The van der Waals surface area contributed by atoms with E-state index in [4.69, 9.17) is 8.85 Å². The van der Waals surface area contributed by atoms with Crippen molar-refractivity contribution >= 4 is 16.6 Å². The molecule has 0 rings (SSSR count). The molecule has 0 amide bonds. The lowest BCUT2D eigenvalue weighted by Crippen LogP contribution is -2.51. The largest absolute Gasteiger partial charge is 0.416 e. The summed E-state index contributed by atoms with van der Waals surface area (Å²) in [4.78, 5) is 0. The molecule has 0 saturated carbocycles. The minimum absolute atomic E-state index is 0.0140. The molecule has 0 aliphatic heterocycles.